The zero-order chi connectivity index (χ0) is 21.7. The van der Waals surface area contributed by atoms with Crippen LogP contribution in [-0.2, 0) is 0 Å². The molecule has 160 valence electrons. The third kappa shape index (κ3) is 4.66. The number of rotatable bonds is 10. The molecule has 3 aromatic rings. The van der Waals surface area contributed by atoms with Crippen LogP contribution in [0.4, 0.5) is 0 Å². The maximum Gasteiger partial charge on any atom is 0.104 e. The van der Waals surface area contributed by atoms with Crippen LogP contribution in [0.15, 0.2) is 37.1 Å². The number of aromatic nitrogens is 5. The number of fused-ring (bicyclic) bond motifs is 1. The van der Waals surface area contributed by atoms with Crippen LogP contribution in [0, 0.1) is 10.8 Å². The van der Waals surface area contributed by atoms with E-state index in [4.69, 9.17) is 10.4 Å². The molecule has 0 radical (unpaired) electrons. The lowest BCUT2D eigenvalue weighted by molar-refractivity contribution is -0.600. The number of hydrogen-bond acceptors (Lipinski definition) is 5. The fraction of sp³-hybridized carbons (Fsp3) is 0.455. The highest BCUT2D eigenvalue weighted by Gasteiger charge is 2.19. The molecule has 4 N–H and O–H groups in total. The largest absolute Gasteiger partial charge is 0.396 e. The van der Waals surface area contributed by atoms with Crippen LogP contribution in [0.25, 0.3) is 22.3 Å². The molecule has 0 bridgehead atoms. The Morgan fingerprint density at radius 3 is 2.70 bits per heavy atom. The molecule has 0 aliphatic rings. The van der Waals surface area contributed by atoms with Crippen molar-refractivity contribution in [3.63, 3.8) is 0 Å². The molecule has 3 heterocycles. The van der Waals surface area contributed by atoms with Crippen molar-refractivity contribution in [3.8, 4) is 11.3 Å². The van der Waals surface area contributed by atoms with E-state index in [1.165, 1.54) is 6.21 Å². The Hall–Kier alpha value is -2.84. The monoisotopic (exact) mass is 410 g/mol. The lowest BCUT2D eigenvalue weighted by Crippen LogP contribution is -2.81. The minimum atomic E-state index is -0.197. The highest BCUT2D eigenvalue weighted by Crippen LogP contribution is 2.26. The molecular formula is C22H32N7O+. The fourth-order valence-corrected chi connectivity index (χ4v) is 3.38. The van der Waals surface area contributed by atoms with Gasteiger partial charge in [0.25, 0.3) is 0 Å². The normalized spacial score (nSPS) is 12.8. The zero-order valence-electron chi connectivity index (χ0n) is 18.2. The van der Waals surface area contributed by atoms with E-state index >= 15 is 0 Å². The van der Waals surface area contributed by atoms with E-state index in [0.29, 0.717) is 23.9 Å². The van der Waals surface area contributed by atoms with E-state index in [0.717, 1.165) is 29.6 Å². The Morgan fingerprint density at radius 2 is 2.03 bits per heavy atom. The fourth-order valence-electron chi connectivity index (χ4n) is 3.38. The number of quaternary nitrogens is 1. The van der Waals surface area contributed by atoms with Gasteiger partial charge in [-0.2, -0.15) is 10.2 Å². The summed E-state index contributed by atoms with van der Waals surface area (Å²) in [7, 11) is 0. The van der Waals surface area contributed by atoms with Gasteiger partial charge in [0.2, 0.25) is 0 Å². The summed E-state index contributed by atoms with van der Waals surface area (Å²) in [5.41, 5.74) is 3.80. The molecule has 0 spiro atoms. The van der Waals surface area contributed by atoms with E-state index in [2.05, 4.69) is 24.0 Å². The number of nitrogens with one attached hydrogen (secondary N) is 1. The number of aliphatic hydroxyl groups excluding tert-OH is 1. The molecule has 3 rings (SSSR count). The van der Waals surface area contributed by atoms with Crippen LogP contribution in [0.5, 0.6) is 0 Å². The first-order valence-electron chi connectivity index (χ1n) is 10.5. The zero-order valence-corrected chi connectivity index (χ0v) is 18.2. The van der Waals surface area contributed by atoms with Crippen LogP contribution in [0.2, 0.25) is 0 Å². The first-order valence-corrected chi connectivity index (χ1v) is 10.5. The first kappa shape index (κ1) is 21.9. The Bertz CT molecular complexity index is 1030. The molecule has 0 aliphatic heterocycles. The van der Waals surface area contributed by atoms with Crippen LogP contribution < -0.4 is 5.32 Å². The van der Waals surface area contributed by atoms with E-state index in [9.17, 15) is 5.11 Å². The third-order valence-corrected chi connectivity index (χ3v) is 5.43. The van der Waals surface area contributed by atoms with Gasteiger partial charge in [0.15, 0.2) is 0 Å². The van der Waals surface area contributed by atoms with Crippen molar-refractivity contribution in [2.45, 2.75) is 46.6 Å². The highest BCUT2D eigenvalue weighted by atomic mass is 16.3. The highest BCUT2D eigenvalue weighted by molar-refractivity contribution is 6.07. The lowest BCUT2D eigenvalue weighted by Gasteiger charge is -2.18. The van der Waals surface area contributed by atoms with Crippen molar-refractivity contribution in [1.29, 1.82) is 5.41 Å². The molecule has 30 heavy (non-hydrogen) atoms. The van der Waals surface area contributed by atoms with Gasteiger partial charge in [0.1, 0.15) is 6.20 Å². The number of hydrogen-bond donors (Lipinski definition) is 3. The van der Waals surface area contributed by atoms with Crippen molar-refractivity contribution < 1.29 is 10.4 Å². The minimum absolute atomic E-state index is 0.111. The predicted octanol–water partition coefficient (Wildman–Crippen LogP) is 2.53. The van der Waals surface area contributed by atoms with Gasteiger partial charge in [-0.3, -0.25) is 4.68 Å². The molecule has 0 saturated heterocycles. The average Bonchev–Trinajstić information content (AvgIpc) is 3.41. The maximum atomic E-state index is 9.45. The Balaban J connectivity index is 1.99. The number of allylic oxidation sites excluding steroid dienone is 1. The van der Waals surface area contributed by atoms with Gasteiger partial charge in [-0.15, -0.1) is 0 Å². The quantitative estimate of drug-likeness (QED) is 0.446. The van der Waals surface area contributed by atoms with Crippen molar-refractivity contribution in [2.75, 3.05) is 13.2 Å². The lowest BCUT2D eigenvalue weighted by atomic mass is 9.95. The van der Waals surface area contributed by atoms with Crippen molar-refractivity contribution in [1.82, 2.24) is 24.4 Å². The summed E-state index contributed by atoms with van der Waals surface area (Å²) in [5.74, 6) is 0. The molecule has 0 unspecified atom stereocenters. The van der Waals surface area contributed by atoms with E-state index < -0.39 is 0 Å². The molecule has 0 amide bonds. The van der Waals surface area contributed by atoms with Gasteiger partial charge in [0, 0.05) is 23.4 Å². The van der Waals surface area contributed by atoms with Crippen molar-refractivity contribution >= 4 is 17.3 Å². The summed E-state index contributed by atoms with van der Waals surface area (Å²) in [6.45, 7) is 9.16. The Labute approximate surface area is 177 Å². The molecule has 0 fully saturated rings. The SMILES string of the molecule is CCC(CC)n1cc(-c2nc(C(C=N)=C[NH2+]CC(C)(C)CO)cn3nccc23)cn1. The number of nitrogens with two attached hydrogens (primary N) is 1. The maximum absolute atomic E-state index is 9.45. The third-order valence-electron chi connectivity index (χ3n) is 5.43. The van der Waals surface area contributed by atoms with Crippen LogP contribution in [0.1, 0.15) is 52.3 Å². The Morgan fingerprint density at radius 1 is 1.27 bits per heavy atom. The summed E-state index contributed by atoms with van der Waals surface area (Å²) in [5, 5.41) is 28.3. The van der Waals surface area contributed by atoms with Gasteiger partial charge in [-0.1, -0.05) is 27.7 Å². The summed E-state index contributed by atoms with van der Waals surface area (Å²) in [6, 6.07) is 2.30. The number of aliphatic hydroxyl groups is 1. The van der Waals surface area contributed by atoms with Crippen molar-refractivity contribution in [3.05, 3.63) is 42.7 Å². The molecule has 0 aromatic carbocycles. The van der Waals surface area contributed by atoms with Crippen LogP contribution in [0.3, 0.4) is 0 Å². The van der Waals surface area contributed by atoms with Gasteiger partial charge >= 0.3 is 0 Å². The summed E-state index contributed by atoms with van der Waals surface area (Å²) < 4.78 is 3.80. The second kappa shape index (κ2) is 9.32. The average molecular weight is 411 g/mol. The first-order chi connectivity index (χ1) is 14.4. The summed E-state index contributed by atoms with van der Waals surface area (Å²) in [4.78, 5) is 4.87. The summed E-state index contributed by atoms with van der Waals surface area (Å²) >= 11 is 0. The van der Waals surface area contributed by atoms with Gasteiger partial charge < -0.3 is 15.8 Å². The van der Waals surface area contributed by atoms with Crippen LogP contribution >= 0.6 is 0 Å². The molecular weight excluding hydrogens is 378 g/mol. The van der Waals surface area contributed by atoms with Gasteiger partial charge in [-0.05, 0) is 18.9 Å². The molecule has 8 heteroatoms. The van der Waals surface area contributed by atoms with E-state index in [1.54, 1.807) is 10.7 Å². The smallest absolute Gasteiger partial charge is 0.104 e. The predicted molar refractivity (Wildman–Crippen MR) is 118 cm³/mol. The standard InChI is InChI=1S/C22H31N7O/c1-5-18(6-2)28-12-17(11-26-28)21-20-7-8-25-29(20)13-19(27-21)16(9-23)10-24-14-22(3,4)15-30/h7-13,18,23-24,30H,5-6,14-15H2,1-4H3/p+1. The molecule has 0 aliphatic carbocycles. The molecule has 8 nitrogen and oxygen atoms in total. The molecule has 0 atom stereocenters. The topological polar surface area (TPSA) is 109 Å². The second-order valence-corrected chi connectivity index (χ2v) is 8.34. The second-order valence-electron chi connectivity index (χ2n) is 8.34. The molecule has 3 aromatic heterocycles. The van der Waals surface area contributed by atoms with Crippen LogP contribution in [-0.4, -0.2) is 48.9 Å². The van der Waals surface area contributed by atoms with Gasteiger partial charge in [-0.25, -0.2) is 9.50 Å². The summed E-state index contributed by atoms with van der Waals surface area (Å²) in [6.07, 6.45) is 12.7. The Kier molecular flexibility index (Phi) is 6.79. The van der Waals surface area contributed by atoms with Gasteiger partial charge in [0.05, 0.1) is 60.3 Å². The van der Waals surface area contributed by atoms with E-state index in [1.807, 2.05) is 54.7 Å². The minimum Gasteiger partial charge on any atom is -0.396 e. The van der Waals surface area contributed by atoms with Crippen molar-refractivity contribution in [2.24, 2.45) is 5.41 Å². The van der Waals surface area contributed by atoms with E-state index in [-0.39, 0.29) is 12.0 Å². The molecule has 0 saturated carbocycles. The number of nitrogens with zero attached hydrogens (tertiary/aromatic N) is 5.